The summed E-state index contributed by atoms with van der Waals surface area (Å²) in [6, 6.07) is 5.91. The van der Waals surface area contributed by atoms with E-state index in [-0.39, 0.29) is 6.04 Å². The molecule has 4 nitrogen and oxygen atoms in total. The minimum absolute atomic E-state index is 0.0127. The number of hydrogen-bond acceptors (Lipinski definition) is 4. The van der Waals surface area contributed by atoms with E-state index in [2.05, 4.69) is 23.1 Å². The molecular formula is C17H18N2O2. The third kappa shape index (κ3) is 2.73. The third-order valence-electron chi connectivity index (χ3n) is 3.52. The molecule has 1 aromatic heterocycles. The molecule has 108 valence electrons. The first-order valence-corrected chi connectivity index (χ1v) is 7.23. The molecule has 2 aromatic rings. The Labute approximate surface area is 124 Å². The number of nitrogens with zero attached hydrogens (tertiary/aromatic N) is 1. The highest BCUT2D eigenvalue weighted by molar-refractivity contribution is 5.94. The zero-order chi connectivity index (χ0) is 14.7. The second-order valence-corrected chi connectivity index (χ2v) is 5.03. The van der Waals surface area contributed by atoms with Crippen LogP contribution >= 0.6 is 0 Å². The van der Waals surface area contributed by atoms with Crippen LogP contribution in [0.25, 0.3) is 10.8 Å². The van der Waals surface area contributed by atoms with E-state index in [0.717, 1.165) is 40.9 Å². The Morgan fingerprint density at radius 3 is 2.81 bits per heavy atom. The molecule has 0 radical (unpaired) electrons. The van der Waals surface area contributed by atoms with Crippen LogP contribution in [-0.4, -0.2) is 24.2 Å². The summed E-state index contributed by atoms with van der Waals surface area (Å²) >= 11 is 0. The van der Waals surface area contributed by atoms with Crippen LogP contribution in [0.15, 0.2) is 24.4 Å². The van der Waals surface area contributed by atoms with E-state index < -0.39 is 0 Å². The smallest absolute Gasteiger partial charge is 0.162 e. The Bertz CT molecular complexity index is 691. The molecule has 0 saturated heterocycles. The molecule has 4 heteroatoms. The van der Waals surface area contributed by atoms with Crippen molar-refractivity contribution in [3.8, 4) is 23.8 Å². The SMILES string of the molecule is C#CC(CCC)Nc1nccc2cc3c(cc12)OCCO3. The van der Waals surface area contributed by atoms with Crippen molar-refractivity contribution in [1.82, 2.24) is 4.98 Å². The number of rotatable bonds is 4. The van der Waals surface area contributed by atoms with Gasteiger partial charge in [0, 0.05) is 11.6 Å². The topological polar surface area (TPSA) is 43.4 Å². The average molecular weight is 282 g/mol. The molecule has 0 bridgehead atoms. The summed E-state index contributed by atoms with van der Waals surface area (Å²) in [7, 11) is 0. The van der Waals surface area contributed by atoms with Gasteiger partial charge in [-0.25, -0.2) is 4.98 Å². The van der Waals surface area contributed by atoms with E-state index in [1.165, 1.54) is 0 Å². The molecule has 0 saturated carbocycles. The number of terminal acetylenes is 1. The highest BCUT2D eigenvalue weighted by Gasteiger charge is 2.15. The highest BCUT2D eigenvalue weighted by Crippen LogP contribution is 2.36. The summed E-state index contributed by atoms with van der Waals surface area (Å²) in [5.74, 6) is 5.11. The number of benzene rings is 1. The second-order valence-electron chi connectivity index (χ2n) is 5.03. The molecular weight excluding hydrogens is 264 g/mol. The normalized spacial score (nSPS) is 14.5. The first kappa shape index (κ1) is 13.6. The van der Waals surface area contributed by atoms with Gasteiger partial charge in [-0.1, -0.05) is 19.3 Å². The van der Waals surface area contributed by atoms with Gasteiger partial charge >= 0.3 is 0 Å². The van der Waals surface area contributed by atoms with Gasteiger partial charge in [0.05, 0.1) is 6.04 Å². The molecule has 1 unspecified atom stereocenters. The molecule has 1 atom stereocenters. The standard InChI is InChI=1S/C17H18N2O2/c1-3-5-13(4-2)19-17-14-11-16-15(20-8-9-21-16)10-12(14)6-7-18-17/h2,6-7,10-11,13H,3,5,8-9H2,1H3,(H,18,19). The summed E-state index contributed by atoms with van der Waals surface area (Å²) < 4.78 is 11.3. The molecule has 3 rings (SSSR count). The lowest BCUT2D eigenvalue weighted by molar-refractivity contribution is 0.172. The Kier molecular flexibility index (Phi) is 3.83. The van der Waals surface area contributed by atoms with Crippen LogP contribution in [0.5, 0.6) is 11.5 Å². The van der Waals surface area contributed by atoms with Crippen molar-refractivity contribution < 1.29 is 9.47 Å². The molecule has 0 aliphatic carbocycles. The number of aromatic nitrogens is 1. The molecule has 1 aliphatic heterocycles. The van der Waals surface area contributed by atoms with Crippen molar-refractivity contribution in [3.63, 3.8) is 0 Å². The fourth-order valence-electron chi connectivity index (χ4n) is 2.48. The largest absolute Gasteiger partial charge is 0.486 e. The van der Waals surface area contributed by atoms with Crippen LogP contribution in [0, 0.1) is 12.3 Å². The third-order valence-corrected chi connectivity index (χ3v) is 3.52. The lowest BCUT2D eigenvalue weighted by Gasteiger charge is -2.20. The van der Waals surface area contributed by atoms with Crippen LogP contribution in [0.4, 0.5) is 5.82 Å². The van der Waals surface area contributed by atoms with Crippen LogP contribution in [-0.2, 0) is 0 Å². The van der Waals surface area contributed by atoms with Crippen molar-refractivity contribution in [2.75, 3.05) is 18.5 Å². The lowest BCUT2D eigenvalue weighted by Crippen LogP contribution is -2.18. The Hall–Kier alpha value is -2.41. The molecule has 1 aliphatic rings. The number of pyridine rings is 1. The Morgan fingerprint density at radius 2 is 2.10 bits per heavy atom. The number of anilines is 1. The minimum Gasteiger partial charge on any atom is -0.486 e. The highest BCUT2D eigenvalue weighted by atomic mass is 16.6. The molecule has 0 amide bonds. The first-order valence-electron chi connectivity index (χ1n) is 7.23. The van der Waals surface area contributed by atoms with Crippen molar-refractivity contribution in [2.45, 2.75) is 25.8 Å². The fourth-order valence-corrected chi connectivity index (χ4v) is 2.48. The van der Waals surface area contributed by atoms with Gasteiger partial charge in [0.2, 0.25) is 0 Å². The Morgan fingerprint density at radius 1 is 1.33 bits per heavy atom. The summed E-state index contributed by atoms with van der Waals surface area (Å²) in [6.07, 6.45) is 9.30. The fraction of sp³-hybridized carbons (Fsp3) is 0.353. The van der Waals surface area contributed by atoms with Crippen molar-refractivity contribution in [1.29, 1.82) is 0 Å². The molecule has 1 aromatic carbocycles. The number of ether oxygens (including phenoxy) is 2. The number of hydrogen-bond donors (Lipinski definition) is 1. The minimum atomic E-state index is -0.0127. The van der Waals surface area contributed by atoms with E-state index in [1.54, 1.807) is 6.20 Å². The zero-order valence-electron chi connectivity index (χ0n) is 12.1. The van der Waals surface area contributed by atoms with Crippen LogP contribution in [0.2, 0.25) is 0 Å². The van der Waals surface area contributed by atoms with Gasteiger partial charge in [-0.3, -0.25) is 0 Å². The van der Waals surface area contributed by atoms with Gasteiger partial charge in [0.1, 0.15) is 19.0 Å². The van der Waals surface area contributed by atoms with Gasteiger partial charge in [-0.05, 0) is 30.0 Å². The Balaban J connectivity index is 2.01. The van der Waals surface area contributed by atoms with E-state index >= 15 is 0 Å². The van der Waals surface area contributed by atoms with Crippen molar-refractivity contribution in [2.24, 2.45) is 0 Å². The van der Waals surface area contributed by atoms with Gasteiger partial charge < -0.3 is 14.8 Å². The number of fused-ring (bicyclic) bond motifs is 2. The van der Waals surface area contributed by atoms with E-state index in [4.69, 9.17) is 15.9 Å². The summed E-state index contributed by atoms with van der Waals surface area (Å²) in [5.41, 5.74) is 0. The molecule has 1 N–H and O–H groups in total. The first-order chi connectivity index (χ1) is 10.3. The quantitative estimate of drug-likeness (QED) is 0.874. The molecule has 21 heavy (non-hydrogen) atoms. The maximum Gasteiger partial charge on any atom is 0.162 e. The van der Waals surface area contributed by atoms with E-state index in [1.807, 2.05) is 18.2 Å². The summed E-state index contributed by atoms with van der Waals surface area (Å²) in [5, 5.41) is 5.39. The van der Waals surface area contributed by atoms with Crippen molar-refractivity contribution in [3.05, 3.63) is 24.4 Å². The predicted molar refractivity (Wildman–Crippen MR) is 83.9 cm³/mol. The average Bonchev–Trinajstić information content (AvgIpc) is 2.53. The monoisotopic (exact) mass is 282 g/mol. The van der Waals surface area contributed by atoms with Crippen LogP contribution in [0.1, 0.15) is 19.8 Å². The van der Waals surface area contributed by atoms with Gasteiger partial charge in [-0.15, -0.1) is 6.42 Å². The summed E-state index contributed by atoms with van der Waals surface area (Å²) in [4.78, 5) is 4.42. The molecule has 2 heterocycles. The maximum absolute atomic E-state index is 5.64. The predicted octanol–water partition coefficient (Wildman–Crippen LogP) is 3.22. The zero-order valence-corrected chi connectivity index (χ0v) is 12.1. The van der Waals surface area contributed by atoms with Crippen LogP contribution < -0.4 is 14.8 Å². The van der Waals surface area contributed by atoms with Gasteiger partial charge in [0.25, 0.3) is 0 Å². The van der Waals surface area contributed by atoms with E-state index in [9.17, 15) is 0 Å². The lowest BCUT2D eigenvalue weighted by atomic mass is 10.1. The maximum atomic E-state index is 5.64. The summed E-state index contributed by atoms with van der Waals surface area (Å²) in [6.45, 7) is 3.28. The molecule has 0 fully saturated rings. The van der Waals surface area contributed by atoms with Crippen molar-refractivity contribution >= 4 is 16.6 Å². The number of nitrogens with one attached hydrogen (secondary N) is 1. The van der Waals surface area contributed by atoms with E-state index in [0.29, 0.717) is 13.2 Å². The second kappa shape index (κ2) is 5.92. The van der Waals surface area contributed by atoms with Gasteiger partial charge in [0.15, 0.2) is 11.5 Å². The van der Waals surface area contributed by atoms with Gasteiger partial charge in [-0.2, -0.15) is 0 Å². The van der Waals surface area contributed by atoms with Crippen LogP contribution in [0.3, 0.4) is 0 Å². The molecule has 0 spiro atoms.